The van der Waals surface area contributed by atoms with Crippen LogP contribution in [-0.4, -0.2) is 38.5 Å². The summed E-state index contributed by atoms with van der Waals surface area (Å²) in [5, 5.41) is 0. The quantitative estimate of drug-likeness (QED) is 0.798. The lowest BCUT2D eigenvalue weighted by atomic mass is 10.2. The van der Waals surface area contributed by atoms with Gasteiger partial charge in [0.1, 0.15) is 0 Å². The Balaban J connectivity index is 2.29. The van der Waals surface area contributed by atoms with Gasteiger partial charge in [-0.25, -0.2) is 8.42 Å². The Morgan fingerprint density at radius 1 is 1.50 bits per heavy atom. The Morgan fingerprint density at radius 3 is 2.94 bits per heavy atom. The number of hydrogen-bond acceptors (Lipinski definition) is 3. The standard InChI is InChI=1S/C12H16ClNO3S/c1-10-9-14(5-6-17-10)18(15,16)12-4-2-3-11(7-12)8-13/h2-4,7,10H,5-6,8-9H2,1H3. The Labute approximate surface area is 113 Å². The summed E-state index contributed by atoms with van der Waals surface area (Å²) in [6.07, 6.45) is -0.0651. The van der Waals surface area contributed by atoms with Crippen molar-refractivity contribution < 1.29 is 13.2 Å². The van der Waals surface area contributed by atoms with Gasteiger partial charge in [0.2, 0.25) is 10.0 Å². The average Bonchev–Trinajstić information content (AvgIpc) is 2.39. The smallest absolute Gasteiger partial charge is 0.243 e. The fourth-order valence-corrected chi connectivity index (χ4v) is 3.68. The zero-order valence-corrected chi connectivity index (χ0v) is 11.7. The van der Waals surface area contributed by atoms with Crippen LogP contribution in [0.25, 0.3) is 0 Å². The first-order valence-electron chi connectivity index (χ1n) is 5.80. The van der Waals surface area contributed by atoms with E-state index in [0.29, 0.717) is 30.5 Å². The second kappa shape index (κ2) is 5.57. The van der Waals surface area contributed by atoms with Crippen LogP contribution in [0.2, 0.25) is 0 Å². The zero-order valence-electron chi connectivity index (χ0n) is 10.2. The Kier molecular flexibility index (Phi) is 4.27. The third-order valence-corrected chi connectivity index (χ3v) is 5.06. The third kappa shape index (κ3) is 2.85. The highest BCUT2D eigenvalue weighted by Crippen LogP contribution is 2.20. The minimum absolute atomic E-state index is 0.0651. The maximum atomic E-state index is 12.4. The molecule has 18 heavy (non-hydrogen) atoms. The number of ether oxygens (including phenoxy) is 1. The Morgan fingerprint density at radius 2 is 2.28 bits per heavy atom. The summed E-state index contributed by atoms with van der Waals surface area (Å²) in [7, 11) is -3.43. The number of nitrogens with zero attached hydrogens (tertiary/aromatic N) is 1. The molecule has 1 saturated heterocycles. The summed E-state index contributed by atoms with van der Waals surface area (Å²) in [6, 6.07) is 6.76. The van der Waals surface area contributed by atoms with E-state index in [1.807, 2.05) is 13.0 Å². The highest BCUT2D eigenvalue weighted by molar-refractivity contribution is 7.89. The van der Waals surface area contributed by atoms with Crippen LogP contribution < -0.4 is 0 Å². The van der Waals surface area contributed by atoms with Crippen LogP contribution in [-0.2, 0) is 20.6 Å². The molecule has 0 N–H and O–H groups in total. The van der Waals surface area contributed by atoms with Crippen molar-refractivity contribution in [2.75, 3.05) is 19.7 Å². The topological polar surface area (TPSA) is 46.6 Å². The van der Waals surface area contributed by atoms with Crippen molar-refractivity contribution in [3.63, 3.8) is 0 Å². The second-order valence-corrected chi connectivity index (χ2v) is 6.53. The van der Waals surface area contributed by atoms with Gasteiger partial charge in [-0.2, -0.15) is 4.31 Å². The van der Waals surface area contributed by atoms with E-state index < -0.39 is 10.0 Å². The highest BCUT2D eigenvalue weighted by Gasteiger charge is 2.29. The van der Waals surface area contributed by atoms with Gasteiger partial charge >= 0.3 is 0 Å². The van der Waals surface area contributed by atoms with Crippen LogP contribution in [0.4, 0.5) is 0 Å². The van der Waals surface area contributed by atoms with E-state index in [9.17, 15) is 8.42 Å². The van der Waals surface area contributed by atoms with Crippen molar-refractivity contribution in [1.82, 2.24) is 4.31 Å². The Bertz CT molecular complexity index is 518. The summed E-state index contributed by atoms with van der Waals surface area (Å²) in [5.41, 5.74) is 0.805. The molecule has 0 aliphatic carbocycles. The van der Waals surface area contributed by atoms with Crippen molar-refractivity contribution in [1.29, 1.82) is 0 Å². The van der Waals surface area contributed by atoms with Crippen LogP contribution in [0.15, 0.2) is 29.2 Å². The Hall–Kier alpha value is -0.620. The van der Waals surface area contributed by atoms with Crippen LogP contribution in [0.5, 0.6) is 0 Å². The molecular formula is C12H16ClNO3S. The molecule has 100 valence electrons. The van der Waals surface area contributed by atoms with Gasteiger partial charge in [-0.05, 0) is 24.6 Å². The molecule has 0 aromatic heterocycles. The lowest BCUT2D eigenvalue weighted by molar-refractivity contribution is 0.0102. The van der Waals surface area contributed by atoms with Crippen molar-refractivity contribution >= 4 is 21.6 Å². The summed E-state index contributed by atoms with van der Waals surface area (Å²) >= 11 is 5.73. The number of halogens is 1. The number of alkyl halides is 1. The molecule has 6 heteroatoms. The minimum atomic E-state index is -3.43. The molecule has 1 aromatic carbocycles. The molecular weight excluding hydrogens is 274 g/mol. The first-order valence-corrected chi connectivity index (χ1v) is 7.78. The molecule has 0 bridgehead atoms. The van der Waals surface area contributed by atoms with E-state index in [1.54, 1.807) is 18.2 Å². The minimum Gasteiger partial charge on any atom is -0.376 e. The maximum absolute atomic E-state index is 12.4. The number of morpholine rings is 1. The lowest BCUT2D eigenvalue weighted by Crippen LogP contribution is -2.44. The van der Waals surface area contributed by atoms with Gasteiger partial charge in [-0.15, -0.1) is 11.6 Å². The van der Waals surface area contributed by atoms with Gasteiger partial charge in [0.25, 0.3) is 0 Å². The molecule has 4 nitrogen and oxygen atoms in total. The van der Waals surface area contributed by atoms with Crippen molar-refractivity contribution in [3.8, 4) is 0 Å². The predicted molar refractivity (Wildman–Crippen MR) is 70.2 cm³/mol. The summed E-state index contributed by atoms with van der Waals surface area (Å²) in [5.74, 6) is 0.308. The molecule has 0 radical (unpaired) electrons. The fraction of sp³-hybridized carbons (Fsp3) is 0.500. The number of rotatable bonds is 3. The first kappa shape index (κ1) is 13.8. The summed E-state index contributed by atoms with van der Waals surface area (Å²) in [4.78, 5) is 0.301. The highest BCUT2D eigenvalue weighted by atomic mass is 35.5. The number of hydrogen-bond donors (Lipinski definition) is 0. The fourth-order valence-electron chi connectivity index (χ4n) is 1.94. The molecule has 0 spiro atoms. The molecule has 0 saturated carbocycles. The third-order valence-electron chi connectivity index (χ3n) is 2.89. The van der Waals surface area contributed by atoms with Gasteiger partial charge in [-0.1, -0.05) is 12.1 Å². The van der Waals surface area contributed by atoms with Crippen molar-refractivity contribution in [2.45, 2.75) is 23.8 Å². The van der Waals surface area contributed by atoms with E-state index in [2.05, 4.69) is 0 Å². The normalized spacial score (nSPS) is 22.0. The molecule has 1 heterocycles. The molecule has 1 aliphatic heterocycles. The van der Waals surface area contributed by atoms with Gasteiger partial charge in [0.05, 0.1) is 17.6 Å². The summed E-state index contributed by atoms with van der Waals surface area (Å²) < 4.78 is 31.7. The lowest BCUT2D eigenvalue weighted by Gasteiger charge is -2.30. The van der Waals surface area contributed by atoms with Crippen LogP contribution >= 0.6 is 11.6 Å². The van der Waals surface area contributed by atoms with Crippen LogP contribution in [0, 0.1) is 0 Å². The molecule has 0 amide bonds. The molecule has 2 rings (SSSR count). The maximum Gasteiger partial charge on any atom is 0.243 e. The van der Waals surface area contributed by atoms with Gasteiger partial charge in [0, 0.05) is 19.0 Å². The van der Waals surface area contributed by atoms with E-state index in [1.165, 1.54) is 4.31 Å². The molecule has 1 aromatic rings. The van der Waals surface area contributed by atoms with E-state index in [4.69, 9.17) is 16.3 Å². The van der Waals surface area contributed by atoms with Crippen LogP contribution in [0.3, 0.4) is 0 Å². The largest absolute Gasteiger partial charge is 0.376 e. The van der Waals surface area contributed by atoms with Gasteiger partial charge < -0.3 is 4.74 Å². The summed E-state index contributed by atoms with van der Waals surface area (Å²) in [6.45, 7) is 3.11. The van der Waals surface area contributed by atoms with E-state index in [0.717, 1.165) is 5.56 Å². The number of sulfonamides is 1. The first-order chi connectivity index (χ1) is 8.54. The monoisotopic (exact) mass is 289 g/mol. The van der Waals surface area contributed by atoms with Gasteiger partial charge in [-0.3, -0.25) is 0 Å². The van der Waals surface area contributed by atoms with Crippen LogP contribution in [0.1, 0.15) is 12.5 Å². The van der Waals surface area contributed by atoms with Crippen molar-refractivity contribution in [3.05, 3.63) is 29.8 Å². The number of benzene rings is 1. The molecule has 1 unspecified atom stereocenters. The molecule has 1 atom stereocenters. The van der Waals surface area contributed by atoms with Crippen molar-refractivity contribution in [2.24, 2.45) is 0 Å². The second-order valence-electron chi connectivity index (χ2n) is 4.33. The molecule has 1 aliphatic rings. The predicted octanol–water partition coefficient (Wildman–Crippen LogP) is 1.83. The van der Waals surface area contributed by atoms with E-state index in [-0.39, 0.29) is 6.10 Å². The van der Waals surface area contributed by atoms with Gasteiger partial charge in [0.15, 0.2) is 0 Å². The SMILES string of the molecule is CC1CN(S(=O)(=O)c2cccc(CCl)c2)CCO1. The average molecular weight is 290 g/mol. The molecule has 1 fully saturated rings. The van der Waals surface area contributed by atoms with E-state index >= 15 is 0 Å². The zero-order chi connectivity index (χ0) is 13.2.